The number of hydrogen-bond donors (Lipinski definition) is 4. The van der Waals surface area contributed by atoms with E-state index in [1.165, 1.54) is 0 Å². The van der Waals surface area contributed by atoms with Gasteiger partial charge in [0, 0.05) is 25.3 Å². The highest BCUT2D eigenvalue weighted by atomic mass is 16.3. The molecule has 34 heavy (non-hydrogen) atoms. The molecule has 1 aliphatic heterocycles. The molecular formula is C26H30N4O4. The largest absolute Gasteiger partial charge is 0.376 e. The summed E-state index contributed by atoms with van der Waals surface area (Å²) in [5.41, 5.74) is 1.88. The van der Waals surface area contributed by atoms with Crippen molar-refractivity contribution in [2.45, 2.75) is 50.3 Å². The number of carbonyl (C=O) groups is 3. The summed E-state index contributed by atoms with van der Waals surface area (Å²) in [6.07, 6.45) is 0.264. The van der Waals surface area contributed by atoms with Crippen LogP contribution in [0.3, 0.4) is 0 Å². The van der Waals surface area contributed by atoms with E-state index in [-0.39, 0.29) is 37.0 Å². The number of amides is 3. The zero-order valence-corrected chi connectivity index (χ0v) is 18.9. The molecule has 0 aliphatic carbocycles. The fourth-order valence-electron chi connectivity index (χ4n) is 4.04. The summed E-state index contributed by atoms with van der Waals surface area (Å²) in [5.74, 6) is -1.32. The van der Waals surface area contributed by atoms with Crippen molar-refractivity contribution >= 4 is 17.7 Å². The van der Waals surface area contributed by atoms with Crippen LogP contribution in [0, 0.1) is 17.2 Å². The second kappa shape index (κ2) is 12.5. The first-order chi connectivity index (χ1) is 16.5. The van der Waals surface area contributed by atoms with Crippen LogP contribution in [-0.4, -0.2) is 47.6 Å². The molecule has 2 aromatic carbocycles. The first kappa shape index (κ1) is 24.9. The number of nitrogens with zero attached hydrogens (tertiary/aromatic N) is 1. The first-order valence-electron chi connectivity index (χ1n) is 11.5. The Hall–Kier alpha value is -3.70. The summed E-state index contributed by atoms with van der Waals surface area (Å²) in [6.45, 7) is 0.529. The maximum atomic E-state index is 13.2. The molecule has 0 aromatic heterocycles. The number of hydrogen-bond acceptors (Lipinski definition) is 5. The summed E-state index contributed by atoms with van der Waals surface area (Å²) >= 11 is 0. The molecular weight excluding hydrogens is 432 g/mol. The van der Waals surface area contributed by atoms with Gasteiger partial charge in [-0.25, -0.2) is 0 Å². The molecule has 0 saturated carbocycles. The lowest BCUT2D eigenvalue weighted by Gasteiger charge is -2.25. The molecule has 1 aliphatic rings. The van der Waals surface area contributed by atoms with Crippen LogP contribution in [0.2, 0.25) is 0 Å². The fraction of sp³-hybridized carbons (Fsp3) is 0.385. The molecule has 1 saturated heterocycles. The van der Waals surface area contributed by atoms with Gasteiger partial charge >= 0.3 is 0 Å². The Labute approximate surface area is 199 Å². The molecule has 0 spiro atoms. The van der Waals surface area contributed by atoms with E-state index in [1.807, 2.05) is 60.7 Å². The third kappa shape index (κ3) is 7.42. The van der Waals surface area contributed by atoms with Gasteiger partial charge in [-0.2, -0.15) is 5.26 Å². The molecule has 4 atom stereocenters. The standard InChI is InChI=1S/C26H30N4O4/c27-17-23(31)21(16-20-13-14-28-25(20)33)30-26(34)22(15-19-9-5-2-6-10-19)29-24(32)12-11-18-7-3-1-4-8-18/h1-10,20-23,31H,11-16H2,(H,28,33)(H,29,32)(H,30,34)/t20-,21-,22-,23?/m0/s1. The van der Waals surface area contributed by atoms with E-state index >= 15 is 0 Å². The van der Waals surface area contributed by atoms with Gasteiger partial charge in [-0.15, -0.1) is 0 Å². The molecule has 1 heterocycles. The van der Waals surface area contributed by atoms with Crippen LogP contribution < -0.4 is 16.0 Å². The molecule has 8 heteroatoms. The number of aliphatic hydroxyl groups excluding tert-OH is 1. The predicted octanol–water partition coefficient (Wildman–Crippen LogP) is 1.24. The number of carbonyl (C=O) groups excluding carboxylic acids is 3. The van der Waals surface area contributed by atoms with Crippen LogP contribution in [0.1, 0.15) is 30.4 Å². The van der Waals surface area contributed by atoms with Crippen molar-refractivity contribution in [2.75, 3.05) is 6.54 Å². The molecule has 3 amide bonds. The van der Waals surface area contributed by atoms with Crippen LogP contribution in [0.4, 0.5) is 0 Å². The Balaban J connectivity index is 1.68. The maximum absolute atomic E-state index is 13.2. The monoisotopic (exact) mass is 462 g/mol. The number of nitrogens with one attached hydrogen (secondary N) is 3. The average molecular weight is 463 g/mol. The number of nitriles is 1. The molecule has 1 unspecified atom stereocenters. The van der Waals surface area contributed by atoms with E-state index in [9.17, 15) is 24.8 Å². The fourth-order valence-corrected chi connectivity index (χ4v) is 4.04. The Bertz CT molecular complexity index is 1010. The zero-order valence-electron chi connectivity index (χ0n) is 18.9. The van der Waals surface area contributed by atoms with Crippen molar-refractivity contribution in [3.8, 4) is 6.07 Å². The summed E-state index contributed by atoms with van der Waals surface area (Å²) in [6, 6.07) is 18.8. The van der Waals surface area contributed by atoms with Crippen molar-refractivity contribution < 1.29 is 19.5 Å². The van der Waals surface area contributed by atoms with Gasteiger partial charge in [-0.3, -0.25) is 14.4 Å². The Kier molecular flexibility index (Phi) is 9.18. The minimum absolute atomic E-state index is 0.145. The van der Waals surface area contributed by atoms with E-state index in [4.69, 9.17) is 0 Å². The van der Waals surface area contributed by atoms with Crippen molar-refractivity contribution in [2.24, 2.45) is 5.92 Å². The van der Waals surface area contributed by atoms with Gasteiger partial charge in [0.25, 0.3) is 0 Å². The van der Waals surface area contributed by atoms with E-state index in [1.54, 1.807) is 6.07 Å². The molecule has 8 nitrogen and oxygen atoms in total. The number of benzene rings is 2. The summed E-state index contributed by atoms with van der Waals surface area (Å²) < 4.78 is 0. The van der Waals surface area contributed by atoms with Gasteiger partial charge in [0.15, 0.2) is 6.10 Å². The topological polar surface area (TPSA) is 131 Å². The molecule has 2 aromatic rings. The highest BCUT2D eigenvalue weighted by molar-refractivity contribution is 5.88. The zero-order chi connectivity index (χ0) is 24.3. The molecule has 178 valence electrons. The van der Waals surface area contributed by atoms with Crippen LogP contribution in [-0.2, 0) is 27.2 Å². The summed E-state index contributed by atoms with van der Waals surface area (Å²) in [5, 5.41) is 27.7. The molecule has 0 radical (unpaired) electrons. The van der Waals surface area contributed by atoms with Gasteiger partial charge in [0.1, 0.15) is 6.04 Å². The maximum Gasteiger partial charge on any atom is 0.243 e. The van der Waals surface area contributed by atoms with Crippen molar-refractivity contribution in [3.05, 3.63) is 71.8 Å². The van der Waals surface area contributed by atoms with Crippen molar-refractivity contribution in [3.63, 3.8) is 0 Å². The Morgan fingerprint density at radius 2 is 1.71 bits per heavy atom. The smallest absolute Gasteiger partial charge is 0.243 e. The van der Waals surface area contributed by atoms with Crippen LogP contribution in [0.25, 0.3) is 0 Å². The lowest BCUT2D eigenvalue weighted by molar-refractivity contribution is -0.130. The summed E-state index contributed by atoms with van der Waals surface area (Å²) in [7, 11) is 0. The van der Waals surface area contributed by atoms with Gasteiger partial charge in [-0.1, -0.05) is 60.7 Å². The Morgan fingerprint density at radius 3 is 2.29 bits per heavy atom. The molecule has 3 rings (SSSR count). The minimum atomic E-state index is -1.47. The van der Waals surface area contributed by atoms with Crippen molar-refractivity contribution in [1.82, 2.24) is 16.0 Å². The van der Waals surface area contributed by atoms with E-state index in [0.717, 1.165) is 11.1 Å². The Morgan fingerprint density at radius 1 is 1.06 bits per heavy atom. The van der Waals surface area contributed by atoms with Gasteiger partial charge in [0.05, 0.1) is 12.1 Å². The lowest BCUT2D eigenvalue weighted by Crippen LogP contribution is -2.53. The minimum Gasteiger partial charge on any atom is -0.376 e. The predicted molar refractivity (Wildman–Crippen MR) is 126 cm³/mol. The van der Waals surface area contributed by atoms with Gasteiger partial charge in [-0.05, 0) is 30.4 Å². The van der Waals surface area contributed by atoms with Crippen LogP contribution in [0.15, 0.2) is 60.7 Å². The highest BCUT2D eigenvalue weighted by Crippen LogP contribution is 2.18. The third-order valence-corrected chi connectivity index (χ3v) is 5.96. The normalized spacial score (nSPS) is 17.6. The number of aliphatic hydroxyl groups is 1. The molecule has 0 bridgehead atoms. The van der Waals surface area contributed by atoms with Gasteiger partial charge in [0.2, 0.25) is 17.7 Å². The quantitative estimate of drug-likeness (QED) is 0.373. The van der Waals surface area contributed by atoms with E-state index < -0.39 is 24.1 Å². The second-order valence-corrected chi connectivity index (χ2v) is 8.50. The second-order valence-electron chi connectivity index (χ2n) is 8.50. The number of rotatable bonds is 11. The van der Waals surface area contributed by atoms with Gasteiger partial charge < -0.3 is 21.1 Å². The molecule has 4 N–H and O–H groups in total. The first-order valence-corrected chi connectivity index (χ1v) is 11.5. The highest BCUT2D eigenvalue weighted by Gasteiger charge is 2.33. The summed E-state index contributed by atoms with van der Waals surface area (Å²) in [4.78, 5) is 37.8. The van der Waals surface area contributed by atoms with Crippen molar-refractivity contribution in [1.29, 1.82) is 5.26 Å². The van der Waals surface area contributed by atoms with Crippen LogP contribution in [0.5, 0.6) is 0 Å². The average Bonchev–Trinajstić information content (AvgIpc) is 3.26. The SMILES string of the molecule is N#CC(O)[C@H](C[C@@H]1CCNC1=O)NC(=O)[C@H](Cc1ccccc1)NC(=O)CCc1ccccc1. The van der Waals surface area contributed by atoms with Crippen LogP contribution >= 0.6 is 0 Å². The van der Waals surface area contributed by atoms with E-state index in [0.29, 0.717) is 19.4 Å². The third-order valence-electron chi connectivity index (χ3n) is 5.96. The van der Waals surface area contributed by atoms with E-state index in [2.05, 4.69) is 16.0 Å². The lowest BCUT2D eigenvalue weighted by atomic mass is 9.94. The number of aryl methyl sites for hydroxylation is 1. The molecule has 1 fully saturated rings.